The van der Waals surface area contributed by atoms with Crippen molar-refractivity contribution in [3.05, 3.63) is 35.7 Å². The van der Waals surface area contributed by atoms with Gasteiger partial charge in [0.1, 0.15) is 0 Å². The number of carbonyl (C=O) groups excluding carboxylic acids is 1. The van der Waals surface area contributed by atoms with Crippen LogP contribution < -0.4 is 0 Å². The number of aromatic nitrogens is 2. The van der Waals surface area contributed by atoms with E-state index >= 15 is 0 Å². The van der Waals surface area contributed by atoms with Crippen molar-refractivity contribution in [3.63, 3.8) is 0 Å². The van der Waals surface area contributed by atoms with Crippen molar-refractivity contribution in [1.82, 2.24) is 19.9 Å². The fourth-order valence-electron chi connectivity index (χ4n) is 4.03. The molecule has 3 heterocycles. The first kappa shape index (κ1) is 19.9. The molecule has 0 saturated carbocycles. The van der Waals surface area contributed by atoms with E-state index in [4.69, 9.17) is 4.52 Å². The van der Waals surface area contributed by atoms with E-state index in [1.807, 2.05) is 4.90 Å². The highest BCUT2D eigenvalue weighted by atomic mass is 19.4. The van der Waals surface area contributed by atoms with Gasteiger partial charge in [0, 0.05) is 18.7 Å². The van der Waals surface area contributed by atoms with Gasteiger partial charge in [0.05, 0.1) is 18.2 Å². The Kier molecular flexibility index (Phi) is 5.58. The first-order chi connectivity index (χ1) is 13.9. The van der Waals surface area contributed by atoms with Crippen LogP contribution in [0.4, 0.5) is 13.2 Å². The van der Waals surface area contributed by atoms with Crippen LogP contribution in [0.1, 0.15) is 43.6 Å². The zero-order valence-corrected chi connectivity index (χ0v) is 16.0. The van der Waals surface area contributed by atoms with Crippen LogP contribution in [-0.2, 0) is 17.5 Å². The molecule has 2 fully saturated rings. The summed E-state index contributed by atoms with van der Waals surface area (Å²) < 4.78 is 43.5. The first-order valence-corrected chi connectivity index (χ1v) is 9.95. The Morgan fingerprint density at radius 2 is 1.76 bits per heavy atom. The minimum Gasteiger partial charge on any atom is -0.341 e. The number of rotatable bonds is 4. The standard InChI is InChI=1S/C20H23F3N4O2/c21-20(22,23)15-8-6-14(7-9-15)18-24-17(29-25-18)13-27-12-2-1-5-16(27)19(28)26-10-3-4-11-26/h6-9,16H,1-5,10-13H2. The van der Waals surface area contributed by atoms with Gasteiger partial charge >= 0.3 is 6.18 Å². The smallest absolute Gasteiger partial charge is 0.341 e. The lowest BCUT2D eigenvalue weighted by atomic mass is 10.0. The van der Waals surface area contributed by atoms with Gasteiger partial charge in [0.2, 0.25) is 17.6 Å². The Morgan fingerprint density at radius 1 is 1.07 bits per heavy atom. The topological polar surface area (TPSA) is 62.5 Å². The quantitative estimate of drug-likeness (QED) is 0.772. The molecule has 156 valence electrons. The van der Waals surface area contributed by atoms with Gasteiger partial charge in [-0.1, -0.05) is 23.7 Å². The Balaban J connectivity index is 1.45. The summed E-state index contributed by atoms with van der Waals surface area (Å²) in [6, 6.07) is 4.49. The summed E-state index contributed by atoms with van der Waals surface area (Å²) >= 11 is 0. The third-order valence-electron chi connectivity index (χ3n) is 5.59. The molecule has 9 heteroatoms. The molecule has 1 aromatic heterocycles. The van der Waals surface area contributed by atoms with Gasteiger partial charge < -0.3 is 9.42 Å². The third-order valence-corrected chi connectivity index (χ3v) is 5.59. The minimum atomic E-state index is -4.38. The lowest BCUT2D eigenvalue weighted by Crippen LogP contribution is -2.49. The number of amides is 1. The number of benzene rings is 1. The average molecular weight is 408 g/mol. The van der Waals surface area contributed by atoms with Gasteiger partial charge in [-0.05, 0) is 44.4 Å². The van der Waals surface area contributed by atoms with E-state index in [2.05, 4.69) is 15.0 Å². The summed E-state index contributed by atoms with van der Waals surface area (Å²) in [5.74, 6) is 0.777. The lowest BCUT2D eigenvalue weighted by Gasteiger charge is -2.35. The molecule has 0 N–H and O–H groups in total. The molecule has 0 bridgehead atoms. The van der Waals surface area contributed by atoms with Crippen LogP contribution >= 0.6 is 0 Å². The number of nitrogens with zero attached hydrogens (tertiary/aromatic N) is 4. The second kappa shape index (κ2) is 8.14. The zero-order valence-electron chi connectivity index (χ0n) is 16.0. The Hall–Kier alpha value is -2.42. The first-order valence-electron chi connectivity index (χ1n) is 9.95. The Labute approximate surface area is 166 Å². The monoisotopic (exact) mass is 408 g/mol. The van der Waals surface area contributed by atoms with Gasteiger partial charge in [0.25, 0.3) is 0 Å². The van der Waals surface area contributed by atoms with E-state index < -0.39 is 11.7 Å². The number of halogens is 3. The van der Waals surface area contributed by atoms with Gasteiger partial charge in [-0.15, -0.1) is 0 Å². The fourth-order valence-corrected chi connectivity index (χ4v) is 4.03. The Bertz CT molecular complexity index is 844. The highest BCUT2D eigenvalue weighted by Crippen LogP contribution is 2.30. The maximum Gasteiger partial charge on any atom is 0.416 e. The molecule has 4 rings (SSSR count). The van der Waals surface area contributed by atoms with Gasteiger partial charge in [-0.3, -0.25) is 9.69 Å². The second-order valence-corrected chi connectivity index (χ2v) is 7.60. The highest BCUT2D eigenvalue weighted by Gasteiger charge is 2.34. The van der Waals surface area contributed by atoms with Crippen molar-refractivity contribution in [2.75, 3.05) is 19.6 Å². The van der Waals surface area contributed by atoms with Gasteiger partial charge in [0.15, 0.2) is 0 Å². The molecule has 2 saturated heterocycles. The molecular weight excluding hydrogens is 385 g/mol. The molecule has 1 unspecified atom stereocenters. The predicted molar refractivity (Wildman–Crippen MR) is 98.6 cm³/mol. The van der Waals surface area contributed by atoms with Crippen LogP contribution in [0.2, 0.25) is 0 Å². The molecule has 1 aromatic carbocycles. The van der Waals surface area contributed by atoms with Crippen molar-refractivity contribution in [2.45, 2.75) is 50.9 Å². The zero-order chi connectivity index (χ0) is 20.4. The van der Waals surface area contributed by atoms with Crippen molar-refractivity contribution < 1.29 is 22.5 Å². The summed E-state index contributed by atoms with van der Waals surface area (Å²) in [6.45, 7) is 2.78. The molecule has 1 atom stereocenters. The molecule has 29 heavy (non-hydrogen) atoms. The summed E-state index contributed by atoms with van der Waals surface area (Å²) in [7, 11) is 0. The summed E-state index contributed by atoms with van der Waals surface area (Å²) in [5, 5.41) is 3.90. The minimum absolute atomic E-state index is 0.171. The third kappa shape index (κ3) is 4.44. The summed E-state index contributed by atoms with van der Waals surface area (Å²) in [4.78, 5) is 21.2. The van der Waals surface area contributed by atoms with Crippen LogP contribution in [-0.4, -0.2) is 51.5 Å². The van der Waals surface area contributed by atoms with E-state index in [9.17, 15) is 18.0 Å². The summed E-state index contributed by atoms with van der Waals surface area (Å²) in [5.41, 5.74) is -0.266. The molecule has 2 aliphatic heterocycles. The number of hydrogen-bond donors (Lipinski definition) is 0. The van der Waals surface area contributed by atoms with Crippen molar-refractivity contribution >= 4 is 5.91 Å². The predicted octanol–water partition coefficient (Wildman–Crippen LogP) is 3.73. The molecule has 2 aromatic rings. The van der Waals surface area contributed by atoms with Crippen molar-refractivity contribution in [1.29, 1.82) is 0 Å². The van der Waals surface area contributed by atoms with Crippen LogP contribution in [0.15, 0.2) is 28.8 Å². The second-order valence-electron chi connectivity index (χ2n) is 7.60. The van der Waals surface area contributed by atoms with Gasteiger partial charge in [-0.2, -0.15) is 18.2 Å². The maximum absolute atomic E-state index is 12.9. The molecule has 2 aliphatic rings. The van der Waals surface area contributed by atoms with Crippen LogP contribution in [0.5, 0.6) is 0 Å². The Morgan fingerprint density at radius 3 is 2.45 bits per heavy atom. The number of piperidine rings is 1. The van der Waals surface area contributed by atoms with E-state index in [0.717, 1.165) is 63.9 Å². The molecular formula is C20H23F3N4O2. The van der Waals surface area contributed by atoms with E-state index in [-0.39, 0.29) is 17.8 Å². The SMILES string of the molecule is O=C(C1CCCCN1Cc1nc(-c2ccc(C(F)(F)F)cc2)no1)N1CCCC1. The van der Waals surface area contributed by atoms with Crippen LogP contribution in [0, 0.1) is 0 Å². The number of hydrogen-bond acceptors (Lipinski definition) is 5. The number of carbonyl (C=O) groups is 1. The molecule has 0 radical (unpaired) electrons. The van der Waals surface area contributed by atoms with Crippen molar-refractivity contribution in [2.24, 2.45) is 0 Å². The van der Waals surface area contributed by atoms with Gasteiger partial charge in [-0.25, -0.2) is 0 Å². The number of alkyl halides is 3. The summed E-state index contributed by atoms with van der Waals surface area (Å²) in [6.07, 6.45) is 0.559. The molecule has 0 aliphatic carbocycles. The average Bonchev–Trinajstić information content (AvgIpc) is 3.40. The molecule has 6 nitrogen and oxygen atoms in total. The van der Waals surface area contributed by atoms with E-state index in [1.165, 1.54) is 12.1 Å². The van der Waals surface area contributed by atoms with Crippen LogP contribution in [0.3, 0.4) is 0 Å². The van der Waals surface area contributed by atoms with E-state index in [1.54, 1.807) is 0 Å². The largest absolute Gasteiger partial charge is 0.416 e. The normalized spacial score (nSPS) is 20.9. The number of likely N-dealkylation sites (tertiary alicyclic amines) is 2. The fraction of sp³-hybridized carbons (Fsp3) is 0.550. The van der Waals surface area contributed by atoms with Crippen LogP contribution in [0.25, 0.3) is 11.4 Å². The van der Waals surface area contributed by atoms with E-state index in [0.29, 0.717) is 18.0 Å². The van der Waals surface area contributed by atoms with Crippen molar-refractivity contribution in [3.8, 4) is 11.4 Å². The molecule has 0 spiro atoms. The lowest BCUT2D eigenvalue weighted by molar-refractivity contribution is -0.138. The molecule has 1 amide bonds. The maximum atomic E-state index is 12.9. The highest BCUT2D eigenvalue weighted by molar-refractivity contribution is 5.82.